The van der Waals surface area contributed by atoms with Crippen molar-refractivity contribution in [1.29, 1.82) is 0 Å². The maximum Gasteiger partial charge on any atom is 0.190 e. The summed E-state index contributed by atoms with van der Waals surface area (Å²) in [4.78, 5) is 4.28. The van der Waals surface area contributed by atoms with E-state index in [4.69, 9.17) is 18.9 Å². The Hall–Kier alpha value is -1.26. The fourth-order valence-corrected chi connectivity index (χ4v) is 3.21. The third kappa shape index (κ3) is 10.2. The second-order valence-corrected chi connectivity index (χ2v) is 7.11. The topological polar surface area (TPSA) is 73.3 Å². The van der Waals surface area contributed by atoms with Gasteiger partial charge in [-0.3, -0.25) is 4.99 Å². The normalized spacial score (nSPS) is 16.1. The van der Waals surface area contributed by atoms with Gasteiger partial charge in [-0.05, 0) is 50.3 Å². The number of halogens is 1. The molecular weight excluding hydrogens is 497 g/mol. The molecule has 172 valence electrons. The van der Waals surface area contributed by atoms with Crippen LogP contribution in [0.3, 0.4) is 0 Å². The van der Waals surface area contributed by atoms with Crippen LogP contribution in [0.1, 0.15) is 31.7 Å². The summed E-state index contributed by atoms with van der Waals surface area (Å²) in [6, 6.07) is 6.12. The lowest BCUT2D eigenvalue weighted by Crippen LogP contribution is -2.38. The minimum absolute atomic E-state index is 0. The summed E-state index contributed by atoms with van der Waals surface area (Å²) in [6.45, 7) is 7.60. The Morgan fingerprint density at radius 1 is 1.20 bits per heavy atom. The number of rotatable bonds is 13. The summed E-state index contributed by atoms with van der Waals surface area (Å²) in [5, 5.41) is 6.70. The fraction of sp³-hybridized carbons (Fsp3) is 0.682. The number of hydrogen-bond acceptors (Lipinski definition) is 5. The summed E-state index contributed by atoms with van der Waals surface area (Å²) >= 11 is 0. The van der Waals surface area contributed by atoms with E-state index in [1.54, 1.807) is 14.2 Å². The SMILES string of the molecule is CCOc1cc(CCCNC(=NC)NCCCOCC2CCOC2)ccc1OC.I. The first-order valence-corrected chi connectivity index (χ1v) is 10.7. The predicted octanol–water partition coefficient (Wildman–Crippen LogP) is 3.25. The molecule has 1 heterocycles. The van der Waals surface area contributed by atoms with E-state index in [0.717, 1.165) is 82.7 Å². The largest absolute Gasteiger partial charge is 0.493 e. The summed E-state index contributed by atoms with van der Waals surface area (Å²) in [5.74, 6) is 2.99. The summed E-state index contributed by atoms with van der Waals surface area (Å²) in [7, 11) is 3.46. The monoisotopic (exact) mass is 535 g/mol. The second kappa shape index (κ2) is 16.4. The molecule has 1 atom stereocenters. The van der Waals surface area contributed by atoms with Crippen LogP contribution in [0.5, 0.6) is 11.5 Å². The number of aryl methyl sites for hydroxylation is 1. The lowest BCUT2D eigenvalue weighted by atomic mass is 10.1. The van der Waals surface area contributed by atoms with Crippen LogP contribution in [0.4, 0.5) is 0 Å². The summed E-state index contributed by atoms with van der Waals surface area (Å²) < 4.78 is 22.1. The molecule has 1 aliphatic heterocycles. The summed E-state index contributed by atoms with van der Waals surface area (Å²) in [5.41, 5.74) is 1.24. The van der Waals surface area contributed by atoms with Gasteiger partial charge >= 0.3 is 0 Å². The number of methoxy groups -OCH3 is 1. The molecule has 1 aromatic carbocycles. The molecule has 0 bridgehead atoms. The first kappa shape index (κ1) is 26.8. The molecule has 1 aliphatic rings. The Morgan fingerprint density at radius 3 is 2.67 bits per heavy atom. The van der Waals surface area contributed by atoms with E-state index >= 15 is 0 Å². The maximum absolute atomic E-state index is 5.72. The smallest absolute Gasteiger partial charge is 0.190 e. The van der Waals surface area contributed by atoms with Gasteiger partial charge in [0.1, 0.15) is 0 Å². The highest BCUT2D eigenvalue weighted by Gasteiger charge is 2.15. The molecule has 1 unspecified atom stereocenters. The Balaban J connectivity index is 0.00000450. The van der Waals surface area contributed by atoms with Crippen molar-refractivity contribution < 1.29 is 18.9 Å². The molecule has 0 radical (unpaired) electrons. The zero-order valence-electron chi connectivity index (χ0n) is 18.6. The molecule has 0 aromatic heterocycles. The summed E-state index contributed by atoms with van der Waals surface area (Å²) in [6.07, 6.45) is 4.05. The van der Waals surface area contributed by atoms with Crippen molar-refractivity contribution >= 4 is 29.9 Å². The van der Waals surface area contributed by atoms with Gasteiger partial charge in [0.25, 0.3) is 0 Å². The highest BCUT2D eigenvalue weighted by Crippen LogP contribution is 2.28. The molecular formula is C22H38IN3O4. The first-order chi connectivity index (χ1) is 14.3. The highest BCUT2D eigenvalue weighted by atomic mass is 127. The molecule has 7 nitrogen and oxygen atoms in total. The van der Waals surface area contributed by atoms with Gasteiger partial charge in [-0.2, -0.15) is 0 Å². The predicted molar refractivity (Wildman–Crippen MR) is 132 cm³/mol. The van der Waals surface area contributed by atoms with Gasteiger partial charge in [-0.25, -0.2) is 0 Å². The third-order valence-corrected chi connectivity index (χ3v) is 4.82. The zero-order valence-corrected chi connectivity index (χ0v) is 20.9. The molecule has 0 saturated carbocycles. The van der Waals surface area contributed by atoms with Gasteiger partial charge in [0.15, 0.2) is 17.5 Å². The van der Waals surface area contributed by atoms with Gasteiger partial charge in [0, 0.05) is 39.3 Å². The van der Waals surface area contributed by atoms with Crippen molar-refractivity contribution in [2.45, 2.75) is 32.6 Å². The van der Waals surface area contributed by atoms with Gasteiger partial charge < -0.3 is 29.6 Å². The average molecular weight is 535 g/mol. The molecule has 1 fully saturated rings. The minimum Gasteiger partial charge on any atom is -0.493 e. The number of nitrogens with one attached hydrogen (secondary N) is 2. The number of hydrogen-bond donors (Lipinski definition) is 2. The van der Waals surface area contributed by atoms with Crippen LogP contribution in [-0.4, -0.2) is 66.2 Å². The number of nitrogens with zero attached hydrogens (tertiary/aromatic N) is 1. The zero-order chi connectivity index (χ0) is 20.7. The molecule has 2 N–H and O–H groups in total. The van der Waals surface area contributed by atoms with E-state index in [1.807, 2.05) is 13.0 Å². The van der Waals surface area contributed by atoms with Crippen molar-refractivity contribution in [3.8, 4) is 11.5 Å². The van der Waals surface area contributed by atoms with Crippen LogP contribution in [-0.2, 0) is 15.9 Å². The van der Waals surface area contributed by atoms with E-state index in [2.05, 4.69) is 27.8 Å². The standard InChI is InChI=1S/C22H37N3O4.HI/c1-4-29-21-15-18(8-9-20(21)26-3)7-5-11-24-22(23-2)25-12-6-13-27-16-19-10-14-28-17-19;/h8-9,15,19H,4-7,10-14,16-17H2,1-3H3,(H2,23,24,25);1H. The Kier molecular flexibility index (Phi) is 14.7. The fourth-order valence-electron chi connectivity index (χ4n) is 3.21. The number of benzene rings is 1. The van der Waals surface area contributed by atoms with Gasteiger partial charge in [0.05, 0.1) is 26.9 Å². The lowest BCUT2D eigenvalue weighted by Gasteiger charge is -2.13. The average Bonchev–Trinajstić information content (AvgIpc) is 3.26. The van der Waals surface area contributed by atoms with Gasteiger partial charge in [0.2, 0.25) is 0 Å². The highest BCUT2D eigenvalue weighted by molar-refractivity contribution is 14.0. The van der Waals surface area contributed by atoms with Crippen LogP contribution in [0.15, 0.2) is 23.2 Å². The van der Waals surface area contributed by atoms with Gasteiger partial charge in [-0.15, -0.1) is 24.0 Å². The van der Waals surface area contributed by atoms with Crippen LogP contribution < -0.4 is 20.1 Å². The van der Waals surface area contributed by atoms with E-state index in [-0.39, 0.29) is 24.0 Å². The van der Waals surface area contributed by atoms with E-state index in [0.29, 0.717) is 12.5 Å². The van der Waals surface area contributed by atoms with E-state index in [1.165, 1.54) is 5.56 Å². The maximum atomic E-state index is 5.72. The third-order valence-electron chi connectivity index (χ3n) is 4.82. The number of guanidine groups is 1. The first-order valence-electron chi connectivity index (χ1n) is 10.7. The number of ether oxygens (including phenoxy) is 4. The molecule has 8 heteroatoms. The Morgan fingerprint density at radius 2 is 2.00 bits per heavy atom. The van der Waals surface area contributed by atoms with Crippen LogP contribution >= 0.6 is 24.0 Å². The lowest BCUT2D eigenvalue weighted by molar-refractivity contribution is 0.0888. The van der Waals surface area contributed by atoms with Crippen molar-refractivity contribution in [3.63, 3.8) is 0 Å². The molecule has 1 saturated heterocycles. The molecule has 2 rings (SSSR count). The quantitative estimate of drug-likeness (QED) is 0.175. The molecule has 0 amide bonds. The van der Waals surface area contributed by atoms with Crippen molar-refractivity contribution in [1.82, 2.24) is 10.6 Å². The molecule has 30 heavy (non-hydrogen) atoms. The minimum atomic E-state index is 0. The Labute approximate surface area is 198 Å². The van der Waals surface area contributed by atoms with Crippen LogP contribution in [0.25, 0.3) is 0 Å². The number of aliphatic imine (C=N–C) groups is 1. The van der Waals surface area contributed by atoms with E-state index in [9.17, 15) is 0 Å². The molecule has 0 spiro atoms. The van der Waals surface area contributed by atoms with Crippen molar-refractivity contribution in [2.24, 2.45) is 10.9 Å². The Bertz CT molecular complexity index is 610. The van der Waals surface area contributed by atoms with Crippen molar-refractivity contribution in [3.05, 3.63) is 23.8 Å². The van der Waals surface area contributed by atoms with Gasteiger partial charge in [-0.1, -0.05) is 6.07 Å². The van der Waals surface area contributed by atoms with Crippen LogP contribution in [0.2, 0.25) is 0 Å². The van der Waals surface area contributed by atoms with E-state index < -0.39 is 0 Å². The second-order valence-electron chi connectivity index (χ2n) is 7.11. The van der Waals surface area contributed by atoms with Crippen LogP contribution in [0, 0.1) is 5.92 Å². The van der Waals surface area contributed by atoms with Crippen molar-refractivity contribution in [2.75, 3.05) is 60.3 Å². The molecule has 1 aromatic rings. The molecule has 0 aliphatic carbocycles.